The van der Waals surface area contributed by atoms with Gasteiger partial charge in [-0.05, 0) is 55.4 Å². The van der Waals surface area contributed by atoms with Crippen LogP contribution in [0.25, 0.3) is 0 Å². The molecule has 2 nitrogen and oxygen atoms in total. The largest absolute Gasteiger partial charge is 0.498 e. The molecular weight excluding hydrogens is 248 g/mol. The molecule has 0 aromatic rings. The van der Waals surface area contributed by atoms with Gasteiger partial charge in [0.2, 0.25) is 0 Å². The van der Waals surface area contributed by atoms with Crippen molar-refractivity contribution in [3.8, 4) is 0 Å². The van der Waals surface area contributed by atoms with Gasteiger partial charge in [0, 0.05) is 11.8 Å². The average molecular weight is 278 g/mol. The maximum atomic E-state index is 10.5. The number of rotatable bonds is 3. The molecule has 3 rings (SSSR count). The Morgan fingerprint density at radius 1 is 1.30 bits per heavy atom. The minimum absolute atomic E-state index is 0.0845. The van der Waals surface area contributed by atoms with Crippen LogP contribution < -0.4 is 0 Å². The van der Waals surface area contributed by atoms with Crippen LogP contribution in [0.1, 0.15) is 65.7 Å². The first kappa shape index (κ1) is 14.4. The van der Waals surface area contributed by atoms with Crippen molar-refractivity contribution in [1.29, 1.82) is 0 Å². The molecule has 0 saturated heterocycles. The van der Waals surface area contributed by atoms with Gasteiger partial charge in [-0.15, -0.1) is 0 Å². The van der Waals surface area contributed by atoms with Gasteiger partial charge in [-0.25, -0.2) is 0 Å². The second kappa shape index (κ2) is 5.36. The van der Waals surface area contributed by atoms with Crippen LogP contribution in [-0.2, 0) is 4.74 Å². The molecule has 2 heteroatoms. The molecule has 0 aromatic carbocycles. The Morgan fingerprint density at radius 2 is 2.10 bits per heavy atom. The normalized spacial score (nSPS) is 38.5. The van der Waals surface area contributed by atoms with Gasteiger partial charge in [-0.2, -0.15) is 0 Å². The number of aliphatic hydroxyl groups excluding tert-OH is 1. The van der Waals surface area contributed by atoms with Crippen molar-refractivity contribution in [2.45, 2.75) is 71.8 Å². The zero-order chi connectivity index (χ0) is 14.3. The summed E-state index contributed by atoms with van der Waals surface area (Å²) in [5, 5.41) is 10.5. The summed E-state index contributed by atoms with van der Waals surface area (Å²) in [6.45, 7) is 7.96. The topological polar surface area (TPSA) is 29.5 Å². The third kappa shape index (κ3) is 1.94. The van der Waals surface area contributed by atoms with E-state index in [0.29, 0.717) is 17.8 Å². The Balaban J connectivity index is 2.08. The molecule has 1 saturated carbocycles. The lowest BCUT2D eigenvalue weighted by Gasteiger charge is -2.51. The molecule has 1 aliphatic heterocycles. The van der Waals surface area contributed by atoms with Crippen LogP contribution >= 0.6 is 0 Å². The molecule has 114 valence electrons. The Kier molecular flexibility index (Phi) is 3.87. The van der Waals surface area contributed by atoms with Gasteiger partial charge in [0.05, 0.1) is 18.5 Å². The van der Waals surface area contributed by atoms with Crippen molar-refractivity contribution in [2.75, 3.05) is 6.61 Å². The summed E-state index contributed by atoms with van der Waals surface area (Å²) in [6.07, 6.45) is 7.87. The van der Waals surface area contributed by atoms with E-state index < -0.39 is 0 Å². The number of hydrogen-bond donors (Lipinski definition) is 1. The summed E-state index contributed by atoms with van der Waals surface area (Å²) >= 11 is 0. The van der Waals surface area contributed by atoms with E-state index in [1.54, 1.807) is 5.57 Å². The first-order valence-corrected chi connectivity index (χ1v) is 8.64. The lowest BCUT2D eigenvalue weighted by Crippen LogP contribution is -2.45. The van der Waals surface area contributed by atoms with Gasteiger partial charge in [0.15, 0.2) is 0 Å². The molecule has 4 atom stereocenters. The molecule has 2 unspecified atom stereocenters. The van der Waals surface area contributed by atoms with E-state index in [4.69, 9.17) is 4.74 Å². The Labute approximate surface area is 123 Å². The number of ether oxygens (including phenoxy) is 1. The van der Waals surface area contributed by atoms with Crippen molar-refractivity contribution in [2.24, 2.45) is 23.2 Å². The summed E-state index contributed by atoms with van der Waals surface area (Å²) in [4.78, 5) is 0. The van der Waals surface area contributed by atoms with E-state index >= 15 is 0 Å². The molecule has 2 aliphatic carbocycles. The van der Waals surface area contributed by atoms with E-state index in [9.17, 15) is 5.11 Å². The fourth-order valence-corrected chi connectivity index (χ4v) is 5.73. The second-order valence-corrected chi connectivity index (χ2v) is 7.40. The van der Waals surface area contributed by atoms with Gasteiger partial charge in [0.25, 0.3) is 0 Å². The van der Waals surface area contributed by atoms with Gasteiger partial charge in [0.1, 0.15) is 0 Å². The maximum Gasteiger partial charge on any atom is 0.0957 e. The van der Waals surface area contributed by atoms with E-state index in [2.05, 4.69) is 20.8 Å². The standard InChI is InChI=1S/C18H30O2/c1-4-13(12(2)3)18-10-9-16(19)14(18)7-8-17-15(18)6-5-11-20-17/h12-14,16,19H,4-11H2,1-3H3/t13?,14-,16?,18-/m1/s1. The molecular formula is C18H30O2. The van der Waals surface area contributed by atoms with Crippen LogP contribution in [0.3, 0.4) is 0 Å². The predicted octanol–water partition coefficient (Wildman–Crippen LogP) is 4.28. The van der Waals surface area contributed by atoms with Crippen molar-refractivity contribution in [1.82, 2.24) is 0 Å². The van der Waals surface area contributed by atoms with Crippen LogP contribution in [-0.4, -0.2) is 17.8 Å². The van der Waals surface area contributed by atoms with Crippen LogP contribution in [0, 0.1) is 23.2 Å². The maximum absolute atomic E-state index is 10.5. The van der Waals surface area contributed by atoms with Gasteiger partial charge >= 0.3 is 0 Å². The molecule has 3 aliphatic rings. The third-order valence-electron chi connectivity index (χ3n) is 6.31. The highest BCUT2D eigenvalue weighted by molar-refractivity contribution is 5.29. The summed E-state index contributed by atoms with van der Waals surface area (Å²) in [7, 11) is 0. The van der Waals surface area contributed by atoms with Crippen LogP contribution in [0.15, 0.2) is 11.3 Å². The summed E-state index contributed by atoms with van der Waals surface area (Å²) < 4.78 is 6.02. The summed E-state index contributed by atoms with van der Waals surface area (Å²) in [5.41, 5.74) is 1.85. The SMILES string of the molecule is CCC(C(C)C)[C@]12CCC(O)[C@H]1CCC1=C2CCCO1. The average Bonchev–Trinajstić information content (AvgIpc) is 2.78. The summed E-state index contributed by atoms with van der Waals surface area (Å²) in [6, 6.07) is 0. The van der Waals surface area contributed by atoms with E-state index in [0.717, 1.165) is 32.3 Å². The number of hydrogen-bond acceptors (Lipinski definition) is 2. The van der Waals surface area contributed by atoms with Crippen molar-refractivity contribution in [3.63, 3.8) is 0 Å². The first-order chi connectivity index (χ1) is 9.61. The highest BCUT2D eigenvalue weighted by Gasteiger charge is 2.57. The fourth-order valence-electron chi connectivity index (χ4n) is 5.73. The van der Waals surface area contributed by atoms with Crippen molar-refractivity contribution in [3.05, 3.63) is 11.3 Å². The Hall–Kier alpha value is -0.500. The number of allylic oxidation sites excluding steroid dienone is 2. The van der Waals surface area contributed by atoms with E-state index in [1.165, 1.54) is 25.0 Å². The minimum Gasteiger partial charge on any atom is -0.498 e. The highest BCUT2D eigenvalue weighted by Crippen LogP contribution is 2.62. The van der Waals surface area contributed by atoms with Crippen molar-refractivity contribution < 1.29 is 9.84 Å². The first-order valence-electron chi connectivity index (χ1n) is 8.64. The second-order valence-electron chi connectivity index (χ2n) is 7.40. The lowest BCUT2D eigenvalue weighted by atomic mass is 9.55. The fraction of sp³-hybridized carbons (Fsp3) is 0.889. The molecule has 1 N–H and O–H groups in total. The Morgan fingerprint density at radius 3 is 2.80 bits per heavy atom. The zero-order valence-electron chi connectivity index (χ0n) is 13.3. The molecule has 0 bridgehead atoms. The van der Waals surface area contributed by atoms with E-state index in [1.807, 2.05) is 0 Å². The monoisotopic (exact) mass is 278 g/mol. The molecule has 1 fully saturated rings. The molecule has 0 aromatic heterocycles. The van der Waals surface area contributed by atoms with Gasteiger partial charge in [-0.1, -0.05) is 27.2 Å². The van der Waals surface area contributed by atoms with Crippen LogP contribution in [0.5, 0.6) is 0 Å². The Bertz CT molecular complexity index is 398. The molecule has 0 spiro atoms. The van der Waals surface area contributed by atoms with E-state index in [-0.39, 0.29) is 11.5 Å². The zero-order valence-corrected chi connectivity index (χ0v) is 13.3. The van der Waals surface area contributed by atoms with Crippen LogP contribution in [0.2, 0.25) is 0 Å². The number of fused-ring (bicyclic) bond motifs is 2. The number of aliphatic hydroxyl groups is 1. The minimum atomic E-state index is -0.0845. The molecule has 1 heterocycles. The van der Waals surface area contributed by atoms with Crippen LogP contribution in [0.4, 0.5) is 0 Å². The molecule has 0 radical (unpaired) electrons. The molecule has 0 amide bonds. The predicted molar refractivity (Wildman–Crippen MR) is 81.2 cm³/mol. The highest BCUT2D eigenvalue weighted by atomic mass is 16.5. The quantitative estimate of drug-likeness (QED) is 0.834. The smallest absolute Gasteiger partial charge is 0.0957 e. The lowest BCUT2D eigenvalue weighted by molar-refractivity contribution is 0.00594. The molecule has 20 heavy (non-hydrogen) atoms. The van der Waals surface area contributed by atoms with Gasteiger partial charge in [-0.3, -0.25) is 0 Å². The summed E-state index contributed by atoms with van der Waals surface area (Å²) in [5.74, 6) is 3.16. The van der Waals surface area contributed by atoms with Crippen molar-refractivity contribution >= 4 is 0 Å². The van der Waals surface area contributed by atoms with Gasteiger partial charge < -0.3 is 9.84 Å². The third-order valence-corrected chi connectivity index (χ3v) is 6.31.